The molecule has 4 nitrogen and oxygen atoms in total. The molecule has 0 spiro atoms. The van der Waals surface area contributed by atoms with Gasteiger partial charge in [-0.25, -0.2) is 13.6 Å². The summed E-state index contributed by atoms with van der Waals surface area (Å²) in [6, 6.07) is 4.72. The Morgan fingerprint density at radius 2 is 1.96 bits per heavy atom. The molecule has 0 saturated heterocycles. The van der Waals surface area contributed by atoms with E-state index in [1.54, 1.807) is 37.8 Å². The van der Waals surface area contributed by atoms with Gasteiger partial charge in [0.05, 0.1) is 6.04 Å². The molecule has 0 aromatic heterocycles. The van der Waals surface area contributed by atoms with E-state index in [1.165, 1.54) is 0 Å². The highest BCUT2D eigenvalue weighted by Gasteiger charge is 2.37. The van der Waals surface area contributed by atoms with E-state index in [9.17, 15) is 18.7 Å². The molecule has 2 rings (SSSR count). The van der Waals surface area contributed by atoms with E-state index in [0.29, 0.717) is 18.5 Å². The first-order chi connectivity index (χ1) is 11.1. The molecule has 0 radical (unpaired) electrons. The third-order valence-electron chi connectivity index (χ3n) is 4.30. The number of nitrogens with zero attached hydrogens (tertiary/aromatic N) is 1. The molecule has 1 atom stereocenters. The molecule has 134 valence electrons. The van der Waals surface area contributed by atoms with Crippen molar-refractivity contribution in [3.05, 3.63) is 34.9 Å². The first-order valence-electron chi connectivity index (χ1n) is 8.09. The Morgan fingerprint density at radius 3 is 2.50 bits per heavy atom. The van der Waals surface area contributed by atoms with Crippen molar-refractivity contribution in [3.63, 3.8) is 0 Å². The van der Waals surface area contributed by atoms with E-state index < -0.39 is 30.6 Å². The lowest BCUT2D eigenvalue weighted by atomic mass is 9.83. The Bertz CT molecular complexity index is 609. The number of amides is 1. The van der Waals surface area contributed by atoms with Crippen LogP contribution in [0.4, 0.5) is 13.6 Å². The zero-order valence-corrected chi connectivity index (χ0v) is 14.6. The quantitative estimate of drug-likeness (QED) is 0.913. The van der Waals surface area contributed by atoms with E-state index in [2.05, 4.69) is 0 Å². The van der Waals surface area contributed by atoms with Crippen molar-refractivity contribution >= 4 is 6.09 Å². The minimum absolute atomic E-state index is 0.265. The Kier molecular flexibility index (Phi) is 5.18. The zero-order valence-electron chi connectivity index (χ0n) is 14.6. The van der Waals surface area contributed by atoms with Crippen LogP contribution in [0.25, 0.3) is 0 Å². The molecule has 1 aliphatic heterocycles. The van der Waals surface area contributed by atoms with Gasteiger partial charge in [0.2, 0.25) is 0 Å². The highest BCUT2D eigenvalue weighted by Crippen LogP contribution is 2.36. The van der Waals surface area contributed by atoms with Crippen molar-refractivity contribution in [1.29, 1.82) is 0 Å². The van der Waals surface area contributed by atoms with Crippen molar-refractivity contribution in [2.75, 3.05) is 19.9 Å². The van der Waals surface area contributed by atoms with Gasteiger partial charge in [-0.05, 0) is 50.8 Å². The predicted molar refractivity (Wildman–Crippen MR) is 87.3 cm³/mol. The van der Waals surface area contributed by atoms with Crippen molar-refractivity contribution < 1.29 is 23.4 Å². The van der Waals surface area contributed by atoms with Gasteiger partial charge in [0.1, 0.15) is 24.6 Å². The average Bonchev–Trinajstić information content (AvgIpc) is 2.52. The second kappa shape index (κ2) is 6.67. The SMILES string of the molecule is C[C@H]1c2cccc(C(O)(CF)CF)c2CCN1C(=O)OC(C)(C)C. The maximum atomic E-state index is 13.2. The van der Waals surface area contributed by atoms with Gasteiger partial charge in [-0.2, -0.15) is 0 Å². The van der Waals surface area contributed by atoms with E-state index in [1.807, 2.05) is 13.0 Å². The molecule has 1 aliphatic rings. The van der Waals surface area contributed by atoms with Crippen LogP contribution in [0.2, 0.25) is 0 Å². The first-order valence-corrected chi connectivity index (χ1v) is 8.09. The summed E-state index contributed by atoms with van der Waals surface area (Å²) >= 11 is 0. The van der Waals surface area contributed by atoms with Gasteiger partial charge < -0.3 is 14.7 Å². The molecule has 1 N–H and O–H groups in total. The fourth-order valence-electron chi connectivity index (χ4n) is 3.05. The topological polar surface area (TPSA) is 49.8 Å². The number of carbonyl (C=O) groups excluding carboxylic acids is 1. The van der Waals surface area contributed by atoms with Gasteiger partial charge in [0, 0.05) is 6.54 Å². The monoisotopic (exact) mass is 341 g/mol. The number of benzene rings is 1. The van der Waals surface area contributed by atoms with Gasteiger partial charge in [0.25, 0.3) is 0 Å². The van der Waals surface area contributed by atoms with Gasteiger partial charge in [-0.15, -0.1) is 0 Å². The normalized spacial score (nSPS) is 18.3. The number of aliphatic hydroxyl groups is 1. The number of alkyl halides is 2. The average molecular weight is 341 g/mol. The Labute approximate surface area is 141 Å². The van der Waals surface area contributed by atoms with Crippen molar-refractivity contribution in [1.82, 2.24) is 4.90 Å². The predicted octanol–water partition coefficient (Wildman–Crippen LogP) is 3.67. The molecule has 1 aromatic carbocycles. The second-order valence-electron chi connectivity index (χ2n) is 7.27. The molecule has 1 amide bonds. The maximum Gasteiger partial charge on any atom is 0.410 e. The smallest absolute Gasteiger partial charge is 0.410 e. The third-order valence-corrected chi connectivity index (χ3v) is 4.30. The molecule has 0 bridgehead atoms. The summed E-state index contributed by atoms with van der Waals surface area (Å²) in [5, 5.41) is 10.2. The van der Waals surface area contributed by atoms with Crippen LogP contribution in [-0.2, 0) is 16.8 Å². The summed E-state index contributed by atoms with van der Waals surface area (Å²) in [5.74, 6) is 0. The van der Waals surface area contributed by atoms with Crippen LogP contribution in [0.3, 0.4) is 0 Å². The van der Waals surface area contributed by atoms with Crippen LogP contribution in [0.5, 0.6) is 0 Å². The number of ether oxygens (including phenoxy) is 1. The van der Waals surface area contributed by atoms with Crippen molar-refractivity contribution in [2.24, 2.45) is 0 Å². The molecular weight excluding hydrogens is 316 g/mol. The summed E-state index contributed by atoms with van der Waals surface area (Å²) in [7, 11) is 0. The van der Waals surface area contributed by atoms with Gasteiger partial charge in [0.15, 0.2) is 0 Å². The molecule has 0 saturated carbocycles. The molecule has 0 unspecified atom stereocenters. The summed E-state index contributed by atoms with van der Waals surface area (Å²) in [6.07, 6.45) is -0.00508. The number of rotatable bonds is 3. The third kappa shape index (κ3) is 3.53. The number of carbonyl (C=O) groups is 1. The molecule has 1 heterocycles. The summed E-state index contributed by atoms with van der Waals surface area (Å²) in [5.41, 5.74) is -0.964. The highest BCUT2D eigenvalue weighted by molar-refractivity contribution is 5.69. The van der Waals surface area contributed by atoms with E-state index in [0.717, 1.165) is 5.56 Å². The van der Waals surface area contributed by atoms with E-state index in [-0.39, 0.29) is 11.6 Å². The number of hydrogen-bond donors (Lipinski definition) is 1. The van der Waals surface area contributed by atoms with Crippen molar-refractivity contribution in [3.8, 4) is 0 Å². The molecule has 24 heavy (non-hydrogen) atoms. The van der Waals surface area contributed by atoms with E-state index in [4.69, 9.17) is 4.74 Å². The Balaban J connectivity index is 2.35. The number of halogens is 2. The largest absolute Gasteiger partial charge is 0.444 e. The Hall–Kier alpha value is -1.69. The van der Waals surface area contributed by atoms with Crippen LogP contribution in [0, 0.1) is 0 Å². The molecule has 1 aromatic rings. The fourth-order valence-corrected chi connectivity index (χ4v) is 3.05. The standard InChI is InChI=1S/C18H25F2NO3/c1-12-13-6-5-7-15(18(23,10-19)11-20)14(13)8-9-21(12)16(22)24-17(2,3)4/h5-7,12,23H,8-11H2,1-4H3/t12-/m0/s1. The molecule has 6 heteroatoms. The lowest BCUT2D eigenvalue weighted by molar-refractivity contribution is -0.0127. The van der Waals surface area contributed by atoms with Crippen LogP contribution >= 0.6 is 0 Å². The summed E-state index contributed by atoms with van der Waals surface area (Å²) in [6.45, 7) is 5.23. The van der Waals surface area contributed by atoms with Gasteiger partial charge in [-0.1, -0.05) is 18.2 Å². The van der Waals surface area contributed by atoms with Crippen LogP contribution < -0.4 is 0 Å². The molecular formula is C18H25F2NO3. The second-order valence-corrected chi connectivity index (χ2v) is 7.27. The minimum atomic E-state index is -2.13. The van der Waals surface area contributed by atoms with Crippen LogP contribution in [-0.4, -0.2) is 41.6 Å². The first kappa shape index (κ1) is 18.6. The molecule has 0 aliphatic carbocycles. The van der Waals surface area contributed by atoms with E-state index >= 15 is 0 Å². The maximum absolute atomic E-state index is 13.2. The summed E-state index contributed by atoms with van der Waals surface area (Å²) in [4.78, 5) is 14.0. The van der Waals surface area contributed by atoms with Crippen LogP contribution in [0.15, 0.2) is 18.2 Å². The van der Waals surface area contributed by atoms with Crippen LogP contribution in [0.1, 0.15) is 50.4 Å². The minimum Gasteiger partial charge on any atom is -0.444 e. The van der Waals surface area contributed by atoms with Crippen molar-refractivity contribution in [2.45, 2.75) is 51.4 Å². The van der Waals surface area contributed by atoms with Gasteiger partial charge in [-0.3, -0.25) is 0 Å². The Morgan fingerprint density at radius 1 is 1.33 bits per heavy atom. The number of hydrogen-bond acceptors (Lipinski definition) is 3. The summed E-state index contributed by atoms with van der Waals surface area (Å²) < 4.78 is 31.8. The lowest BCUT2D eigenvalue weighted by Gasteiger charge is -2.38. The van der Waals surface area contributed by atoms with Gasteiger partial charge >= 0.3 is 6.09 Å². The fraction of sp³-hybridized carbons (Fsp3) is 0.611. The number of fused-ring (bicyclic) bond motifs is 1. The molecule has 0 fully saturated rings. The lowest BCUT2D eigenvalue weighted by Crippen LogP contribution is -2.43. The zero-order chi connectivity index (χ0) is 18.1. The highest BCUT2D eigenvalue weighted by atomic mass is 19.1.